The molecule has 0 bridgehead atoms. The predicted molar refractivity (Wildman–Crippen MR) is 143 cm³/mol. The second-order valence-corrected chi connectivity index (χ2v) is 9.41. The Labute approximate surface area is 230 Å². The molecular formula is C30H31F3N2O5. The van der Waals surface area contributed by atoms with Gasteiger partial charge in [0.2, 0.25) is 0 Å². The fourth-order valence-electron chi connectivity index (χ4n) is 4.92. The number of nitrogens with one attached hydrogen (secondary N) is 1. The molecule has 1 N–H and O–H groups in total. The van der Waals surface area contributed by atoms with Crippen molar-refractivity contribution in [2.75, 3.05) is 27.4 Å². The summed E-state index contributed by atoms with van der Waals surface area (Å²) in [5.74, 6) is 0.420. The summed E-state index contributed by atoms with van der Waals surface area (Å²) in [7, 11) is 2.89. The molecule has 1 heterocycles. The highest BCUT2D eigenvalue weighted by atomic mass is 19.4. The van der Waals surface area contributed by atoms with Crippen LogP contribution in [0.2, 0.25) is 0 Å². The van der Waals surface area contributed by atoms with Gasteiger partial charge in [-0.1, -0.05) is 36.4 Å². The summed E-state index contributed by atoms with van der Waals surface area (Å²) < 4.78 is 55.1. The zero-order valence-corrected chi connectivity index (χ0v) is 22.5. The maximum Gasteiger partial charge on any atom is 0.416 e. The molecule has 1 saturated heterocycles. The Morgan fingerprint density at radius 1 is 1.00 bits per heavy atom. The van der Waals surface area contributed by atoms with Gasteiger partial charge in [0.25, 0.3) is 5.91 Å². The van der Waals surface area contributed by atoms with Crippen molar-refractivity contribution in [2.45, 2.75) is 38.1 Å². The van der Waals surface area contributed by atoms with Gasteiger partial charge >= 0.3 is 12.1 Å². The molecule has 0 saturated carbocycles. The van der Waals surface area contributed by atoms with Gasteiger partial charge in [-0.2, -0.15) is 13.2 Å². The zero-order valence-electron chi connectivity index (χ0n) is 22.5. The number of rotatable bonds is 9. The molecule has 4 rings (SSSR count). The van der Waals surface area contributed by atoms with Gasteiger partial charge in [-0.15, -0.1) is 0 Å². The van der Waals surface area contributed by atoms with E-state index in [0.29, 0.717) is 54.3 Å². The largest absolute Gasteiger partial charge is 0.493 e. The van der Waals surface area contributed by atoms with E-state index < -0.39 is 23.8 Å². The van der Waals surface area contributed by atoms with Gasteiger partial charge in [-0.25, -0.2) is 0 Å². The molecule has 0 aromatic heterocycles. The van der Waals surface area contributed by atoms with Crippen molar-refractivity contribution in [3.63, 3.8) is 0 Å². The predicted octanol–water partition coefficient (Wildman–Crippen LogP) is 5.33. The Morgan fingerprint density at radius 2 is 1.73 bits per heavy atom. The van der Waals surface area contributed by atoms with E-state index in [4.69, 9.17) is 14.2 Å². The van der Waals surface area contributed by atoms with Gasteiger partial charge in [0.1, 0.15) is 6.04 Å². The van der Waals surface area contributed by atoms with E-state index in [1.165, 1.54) is 19.2 Å². The topological polar surface area (TPSA) is 77.1 Å². The third kappa shape index (κ3) is 6.56. The number of halogens is 3. The molecule has 7 nitrogen and oxygen atoms in total. The molecule has 0 unspecified atom stereocenters. The minimum atomic E-state index is -4.45. The summed E-state index contributed by atoms with van der Waals surface area (Å²) in [6.45, 7) is 3.15. The van der Waals surface area contributed by atoms with Gasteiger partial charge in [0, 0.05) is 24.7 Å². The highest BCUT2D eigenvalue weighted by molar-refractivity contribution is 6.01. The summed E-state index contributed by atoms with van der Waals surface area (Å²) in [4.78, 5) is 27.9. The van der Waals surface area contributed by atoms with Crippen LogP contribution in [0.3, 0.4) is 0 Å². The van der Waals surface area contributed by atoms with Gasteiger partial charge in [0.15, 0.2) is 11.5 Å². The Hall–Kier alpha value is -4.05. The SMILES string of the molecule is CCOc1cc(CN2C[C@H](NC(=O)c3ccccc3-c3ccc(C(F)(F)F)cc3)C[C@H]2C(=O)OC)ccc1OC. The fraction of sp³-hybridized carbons (Fsp3) is 0.333. The van der Waals surface area contributed by atoms with Crippen LogP contribution in [0.5, 0.6) is 11.5 Å². The number of hydrogen-bond acceptors (Lipinski definition) is 6. The minimum absolute atomic E-state index is 0.326. The molecule has 0 radical (unpaired) electrons. The zero-order chi connectivity index (χ0) is 28.9. The Balaban J connectivity index is 1.52. The summed E-state index contributed by atoms with van der Waals surface area (Å²) in [6.07, 6.45) is -4.11. The summed E-state index contributed by atoms with van der Waals surface area (Å²) in [5, 5.41) is 3.00. The second-order valence-electron chi connectivity index (χ2n) is 9.41. The Morgan fingerprint density at radius 3 is 2.38 bits per heavy atom. The normalized spacial score (nSPS) is 17.4. The van der Waals surface area contributed by atoms with Crippen LogP contribution in [-0.4, -0.2) is 56.2 Å². The quantitative estimate of drug-likeness (QED) is 0.360. The highest BCUT2D eigenvalue weighted by Gasteiger charge is 2.38. The summed E-state index contributed by atoms with van der Waals surface area (Å²) in [5.41, 5.74) is 1.46. The average molecular weight is 557 g/mol. The molecule has 1 amide bonds. The lowest BCUT2D eigenvalue weighted by atomic mass is 9.98. The molecule has 2 atom stereocenters. The number of carbonyl (C=O) groups is 2. The van der Waals surface area contributed by atoms with E-state index in [1.807, 2.05) is 24.0 Å². The molecule has 1 aliphatic rings. The van der Waals surface area contributed by atoms with Crippen molar-refractivity contribution in [3.8, 4) is 22.6 Å². The molecule has 1 aliphatic heterocycles. The highest BCUT2D eigenvalue weighted by Crippen LogP contribution is 2.33. The minimum Gasteiger partial charge on any atom is -0.493 e. The van der Waals surface area contributed by atoms with Gasteiger partial charge in [0.05, 0.1) is 26.4 Å². The second kappa shape index (κ2) is 12.4. The van der Waals surface area contributed by atoms with Gasteiger partial charge in [-0.05, 0) is 60.4 Å². The van der Waals surface area contributed by atoms with Crippen LogP contribution >= 0.6 is 0 Å². The van der Waals surface area contributed by atoms with Crippen LogP contribution in [0, 0.1) is 0 Å². The first-order valence-electron chi connectivity index (χ1n) is 12.8. The van der Waals surface area contributed by atoms with Gasteiger partial charge in [-0.3, -0.25) is 14.5 Å². The van der Waals surface area contributed by atoms with Crippen LogP contribution in [-0.2, 0) is 22.3 Å². The van der Waals surface area contributed by atoms with Crippen molar-refractivity contribution in [1.29, 1.82) is 0 Å². The van der Waals surface area contributed by atoms with Crippen molar-refractivity contribution in [3.05, 3.63) is 83.4 Å². The van der Waals surface area contributed by atoms with Crippen molar-refractivity contribution >= 4 is 11.9 Å². The molecule has 0 spiro atoms. The third-order valence-corrected chi connectivity index (χ3v) is 6.82. The standard InChI is InChI=1S/C30H31F3N2O5/c1-4-40-27-15-19(9-14-26(27)38-2)17-35-18-22(16-25(35)29(37)39-3)34-28(36)24-8-6-5-7-23(24)20-10-12-21(13-11-20)30(31,32)33/h5-15,22,25H,4,16-18H2,1-3H3,(H,34,36)/t22-,25+/m1/s1. The number of benzene rings is 3. The number of nitrogens with zero attached hydrogens (tertiary/aromatic N) is 1. The Bertz CT molecular complexity index is 1340. The monoisotopic (exact) mass is 556 g/mol. The van der Waals surface area contributed by atoms with E-state index in [0.717, 1.165) is 17.7 Å². The van der Waals surface area contributed by atoms with Crippen molar-refractivity contribution < 1.29 is 37.0 Å². The molecule has 40 heavy (non-hydrogen) atoms. The third-order valence-electron chi connectivity index (χ3n) is 6.82. The molecule has 3 aromatic carbocycles. The number of esters is 1. The molecule has 212 valence electrons. The number of alkyl halides is 3. The molecule has 1 fully saturated rings. The summed E-state index contributed by atoms with van der Waals surface area (Å²) in [6, 6.07) is 16.1. The lowest BCUT2D eigenvalue weighted by Crippen LogP contribution is -2.37. The van der Waals surface area contributed by atoms with E-state index in [1.54, 1.807) is 37.4 Å². The van der Waals surface area contributed by atoms with Crippen molar-refractivity contribution in [1.82, 2.24) is 10.2 Å². The smallest absolute Gasteiger partial charge is 0.416 e. The van der Waals surface area contributed by atoms with E-state index in [2.05, 4.69) is 5.32 Å². The maximum atomic E-state index is 13.4. The van der Waals surface area contributed by atoms with Crippen LogP contribution in [0.25, 0.3) is 11.1 Å². The van der Waals surface area contributed by atoms with Crippen LogP contribution in [0.15, 0.2) is 66.7 Å². The maximum absolute atomic E-state index is 13.4. The van der Waals surface area contributed by atoms with Crippen molar-refractivity contribution in [2.24, 2.45) is 0 Å². The summed E-state index contributed by atoms with van der Waals surface area (Å²) >= 11 is 0. The van der Waals surface area contributed by atoms with Gasteiger partial charge < -0.3 is 19.5 Å². The number of hydrogen-bond donors (Lipinski definition) is 1. The van der Waals surface area contributed by atoms with E-state index in [9.17, 15) is 22.8 Å². The van der Waals surface area contributed by atoms with Crippen LogP contribution in [0.4, 0.5) is 13.2 Å². The first-order valence-corrected chi connectivity index (χ1v) is 12.8. The number of ether oxygens (including phenoxy) is 3. The molecular weight excluding hydrogens is 525 g/mol. The number of methoxy groups -OCH3 is 2. The lowest BCUT2D eigenvalue weighted by Gasteiger charge is -2.22. The number of carbonyl (C=O) groups excluding carboxylic acids is 2. The first-order chi connectivity index (χ1) is 19.1. The van der Waals surface area contributed by atoms with Crippen LogP contribution in [0.1, 0.15) is 34.8 Å². The molecule has 10 heteroatoms. The van der Waals surface area contributed by atoms with E-state index >= 15 is 0 Å². The van der Waals surface area contributed by atoms with Crippen LogP contribution < -0.4 is 14.8 Å². The average Bonchev–Trinajstić information content (AvgIpc) is 3.34. The molecule has 3 aromatic rings. The Kier molecular flexibility index (Phi) is 8.99. The number of likely N-dealkylation sites (tertiary alicyclic amines) is 1. The number of amides is 1. The first kappa shape index (κ1) is 28.9. The molecule has 0 aliphatic carbocycles. The lowest BCUT2D eigenvalue weighted by molar-refractivity contribution is -0.146. The van der Waals surface area contributed by atoms with E-state index in [-0.39, 0.29) is 11.9 Å². The fourth-order valence-corrected chi connectivity index (χ4v) is 4.92.